The van der Waals surface area contributed by atoms with Crippen LogP contribution in [0.3, 0.4) is 0 Å². The highest BCUT2D eigenvalue weighted by Crippen LogP contribution is 2.24. The molecule has 1 aromatic heterocycles. The molecule has 3 rings (SSSR count). The molecule has 0 aliphatic heterocycles. The fraction of sp³-hybridized carbons (Fsp3) is 0.310. The predicted molar refractivity (Wildman–Crippen MR) is 203 cm³/mol. The molecule has 0 aliphatic rings. The summed E-state index contributed by atoms with van der Waals surface area (Å²) >= 11 is 0. The summed E-state index contributed by atoms with van der Waals surface area (Å²) in [5.74, 6) is 0.660. The van der Waals surface area contributed by atoms with Crippen molar-refractivity contribution in [2.24, 2.45) is 0 Å². The number of allylic oxidation sites excluding steroid dienone is 12. The summed E-state index contributed by atoms with van der Waals surface area (Å²) in [6, 6.07) is 15.4. The van der Waals surface area contributed by atoms with Crippen molar-refractivity contribution < 1.29 is 23.5 Å². The summed E-state index contributed by atoms with van der Waals surface area (Å²) in [6.45, 7) is 3.34. The van der Waals surface area contributed by atoms with Crippen molar-refractivity contribution in [2.45, 2.75) is 58.3 Å². The van der Waals surface area contributed by atoms with Crippen molar-refractivity contribution in [3.8, 4) is 17.1 Å². The van der Waals surface area contributed by atoms with Crippen LogP contribution in [0, 0.1) is 0 Å². The first-order valence-corrected chi connectivity index (χ1v) is 17.4. The third-order valence-corrected chi connectivity index (χ3v) is 7.19. The number of nitrogens with one attached hydrogen (secondary N) is 2. The average molecular weight is 679 g/mol. The predicted octanol–water partition coefficient (Wildman–Crippen LogP) is 9.16. The monoisotopic (exact) mass is 678 g/mol. The second-order valence-corrected chi connectivity index (χ2v) is 11.2. The Balaban J connectivity index is 1.16. The van der Waals surface area contributed by atoms with Crippen LogP contribution in [0.1, 0.15) is 58.3 Å². The molecule has 1 heterocycles. The van der Waals surface area contributed by atoms with Crippen molar-refractivity contribution in [3.63, 3.8) is 0 Å². The zero-order valence-corrected chi connectivity index (χ0v) is 29.1. The first-order chi connectivity index (χ1) is 24.6. The fourth-order valence-corrected chi connectivity index (χ4v) is 4.62. The molecule has 0 fully saturated rings. The molecular formula is C42H50N2O6. The maximum absolute atomic E-state index is 12.7. The molecule has 0 spiro atoms. The maximum Gasteiger partial charge on any atom is 0.412 e. The fourth-order valence-electron chi connectivity index (χ4n) is 4.62. The Labute approximate surface area is 296 Å². The third-order valence-electron chi connectivity index (χ3n) is 7.19. The van der Waals surface area contributed by atoms with Gasteiger partial charge in [0.15, 0.2) is 5.43 Å². The van der Waals surface area contributed by atoms with Gasteiger partial charge in [0.05, 0.1) is 18.6 Å². The van der Waals surface area contributed by atoms with Crippen molar-refractivity contribution in [2.75, 3.05) is 26.3 Å². The Kier molecular flexibility index (Phi) is 19.5. The van der Waals surface area contributed by atoms with E-state index in [9.17, 15) is 14.4 Å². The van der Waals surface area contributed by atoms with E-state index in [1.165, 1.54) is 12.1 Å². The van der Waals surface area contributed by atoms with Crippen LogP contribution >= 0.6 is 0 Å². The standard InChI is InChI=1S/C42H50N2O6/c1-2-3-4-5-6-7-8-9-10-11-12-13-14-15-16-17-18-19-23-26-41(46)43-29-31-48-32-30-44-42(47)49-36-27-28-39-37(33-36)38(45)34-40(50-39)35-24-21-20-22-25-35/h3-4,6-7,9-10,12-13,15-16,18-22,24-25,27-28,33-34H,2,5,8,11,14,17,23,26,29-32H2,1H3,(H,43,46)(H,44,47)/b4-3-,7-6-,10-9-,13-12-,16-15-,19-18-. The van der Waals surface area contributed by atoms with Gasteiger partial charge in [-0.15, -0.1) is 0 Å². The zero-order chi connectivity index (χ0) is 35.5. The number of rotatable bonds is 22. The van der Waals surface area contributed by atoms with Gasteiger partial charge in [-0.2, -0.15) is 0 Å². The minimum absolute atomic E-state index is 0.0319. The van der Waals surface area contributed by atoms with E-state index < -0.39 is 6.09 Å². The van der Waals surface area contributed by atoms with Gasteiger partial charge in [-0.05, 0) is 63.1 Å². The van der Waals surface area contributed by atoms with Crippen LogP contribution in [0.4, 0.5) is 4.79 Å². The van der Waals surface area contributed by atoms with E-state index in [2.05, 4.69) is 84.4 Å². The second kappa shape index (κ2) is 24.9. The number of ether oxygens (including phenoxy) is 2. The molecule has 0 unspecified atom stereocenters. The lowest BCUT2D eigenvalue weighted by atomic mass is 10.1. The van der Waals surface area contributed by atoms with Gasteiger partial charge in [0.25, 0.3) is 0 Å². The van der Waals surface area contributed by atoms with Crippen LogP contribution in [0.5, 0.6) is 5.75 Å². The topological polar surface area (TPSA) is 107 Å². The van der Waals surface area contributed by atoms with Gasteiger partial charge in [-0.1, -0.05) is 110 Å². The van der Waals surface area contributed by atoms with Crippen molar-refractivity contribution in [3.05, 3.63) is 138 Å². The molecule has 0 atom stereocenters. The minimum atomic E-state index is -0.666. The lowest BCUT2D eigenvalue weighted by Crippen LogP contribution is -2.31. The van der Waals surface area contributed by atoms with Gasteiger partial charge in [0.2, 0.25) is 5.91 Å². The Hall–Kier alpha value is -5.21. The maximum atomic E-state index is 12.7. The summed E-state index contributed by atoms with van der Waals surface area (Å²) in [7, 11) is 0. The molecule has 8 nitrogen and oxygen atoms in total. The molecule has 2 aromatic carbocycles. The Morgan fingerprint density at radius 3 is 1.90 bits per heavy atom. The molecule has 2 N–H and O–H groups in total. The number of benzene rings is 2. The van der Waals surface area contributed by atoms with Crippen LogP contribution < -0.4 is 20.8 Å². The first kappa shape index (κ1) is 39.2. The summed E-state index contributed by atoms with van der Waals surface area (Å²) in [4.78, 5) is 36.9. The van der Waals surface area contributed by atoms with Crippen molar-refractivity contribution in [1.82, 2.24) is 10.6 Å². The van der Waals surface area contributed by atoms with Gasteiger partial charge in [-0.25, -0.2) is 4.79 Å². The lowest BCUT2D eigenvalue weighted by Gasteiger charge is -2.09. The molecule has 0 saturated heterocycles. The van der Waals surface area contributed by atoms with Crippen molar-refractivity contribution in [1.29, 1.82) is 0 Å². The molecule has 0 aliphatic carbocycles. The molecule has 50 heavy (non-hydrogen) atoms. The molecule has 264 valence electrons. The van der Waals surface area contributed by atoms with Crippen LogP contribution in [-0.4, -0.2) is 38.3 Å². The molecular weight excluding hydrogens is 628 g/mol. The van der Waals surface area contributed by atoms with E-state index in [-0.39, 0.29) is 30.2 Å². The quantitative estimate of drug-likeness (QED) is 0.0811. The summed E-state index contributed by atoms with van der Waals surface area (Å²) in [6.07, 6.45) is 32.1. The Morgan fingerprint density at radius 2 is 1.28 bits per heavy atom. The van der Waals surface area contributed by atoms with Gasteiger partial charge in [0, 0.05) is 31.1 Å². The van der Waals surface area contributed by atoms with Gasteiger partial charge in [0.1, 0.15) is 17.1 Å². The normalized spacial score (nSPS) is 12.1. The molecule has 0 saturated carbocycles. The van der Waals surface area contributed by atoms with E-state index in [0.29, 0.717) is 42.7 Å². The van der Waals surface area contributed by atoms with Gasteiger partial charge >= 0.3 is 6.09 Å². The van der Waals surface area contributed by atoms with E-state index in [4.69, 9.17) is 13.9 Å². The molecule has 0 bridgehead atoms. The molecule has 3 aromatic rings. The van der Waals surface area contributed by atoms with Crippen LogP contribution in [0.2, 0.25) is 0 Å². The number of carbonyl (C=O) groups excluding carboxylic acids is 2. The smallest absolute Gasteiger partial charge is 0.412 e. The number of amides is 2. The Morgan fingerprint density at radius 1 is 0.700 bits per heavy atom. The number of hydrogen-bond donors (Lipinski definition) is 2. The molecule has 0 radical (unpaired) electrons. The molecule has 2 amide bonds. The summed E-state index contributed by atoms with van der Waals surface area (Å²) in [5, 5.41) is 5.75. The first-order valence-electron chi connectivity index (χ1n) is 17.4. The zero-order valence-electron chi connectivity index (χ0n) is 29.1. The minimum Gasteiger partial charge on any atom is -0.456 e. The second-order valence-electron chi connectivity index (χ2n) is 11.2. The number of hydrogen-bond acceptors (Lipinski definition) is 6. The SMILES string of the molecule is CC/C=C\C/C=C\C/C=C\C/C=C\C/C=C\C/C=C\CCC(=O)NCCOCCNC(=O)Oc1ccc2oc(-c3ccccc3)cc(=O)c2c1. The van der Waals surface area contributed by atoms with Gasteiger partial charge < -0.3 is 24.5 Å². The van der Waals surface area contributed by atoms with E-state index in [1.807, 2.05) is 36.4 Å². The third kappa shape index (κ3) is 16.8. The molecule has 8 heteroatoms. The number of fused-ring (bicyclic) bond motifs is 1. The highest BCUT2D eigenvalue weighted by atomic mass is 16.6. The van der Waals surface area contributed by atoms with E-state index >= 15 is 0 Å². The van der Waals surface area contributed by atoms with Crippen LogP contribution in [0.15, 0.2) is 137 Å². The van der Waals surface area contributed by atoms with Crippen LogP contribution in [0.25, 0.3) is 22.3 Å². The van der Waals surface area contributed by atoms with E-state index in [1.54, 1.807) is 12.1 Å². The lowest BCUT2D eigenvalue weighted by molar-refractivity contribution is -0.121. The van der Waals surface area contributed by atoms with Crippen LogP contribution in [-0.2, 0) is 9.53 Å². The largest absolute Gasteiger partial charge is 0.456 e. The van der Waals surface area contributed by atoms with Crippen molar-refractivity contribution >= 4 is 23.0 Å². The average Bonchev–Trinajstić information content (AvgIpc) is 3.12. The summed E-state index contributed by atoms with van der Waals surface area (Å²) in [5.41, 5.74) is 0.969. The van der Waals surface area contributed by atoms with Gasteiger partial charge in [-0.3, -0.25) is 9.59 Å². The summed E-state index contributed by atoms with van der Waals surface area (Å²) < 4.78 is 16.7. The van der Waals surface area contributed by atoms with E-state index in [0.717, 1.165) is 44.1 Å². The Bertz CT molecular complexity index is 1680. The highest BCUT2D eigenvalue weighted by Gasteiger charge is 2.10. The number of carbonyl (C=O) groups is 2. The highest BCUT2D eigenvalue weighted by molar-refractivity contribution is 5.81.